The van der Waals surface area contributed by atoms with E-state index in [1.165, 1.54) is 42.8 Å². The summed E-state index contributed by atoms with van der Waals surface area (Å²) in [5.74, 6) is -0.627. The van der Waals surface area contributed by atoms with Crippen molar-refractivity contribution in [3.63, 3.8) is 0 Å². The largest absolute Gasteiger partial charge is 0.334 e. The SMILES string of the molecule is O=C(NNC(=O)c1cccc(S(=O)(=O)Nc2ccc(Cl)cc2)c1)NC1CCCCC1. The van der Waals surface area contributed by atoms with E-state index in [1.807, 2.05) is 0 Å². The van der Waals surface area contributed by atoms with Gasteiger partial charge in [0.05, 0.1) is 4.90 Å². The third kappa shape index (κ3) is 6.11. The fourth-order valence-electron chi connectivity index (χ4n) is 3.19. The van der Waals surface area contributed by atoms with Crippen LogP contribution in [0.3, 0.4) is 0 Å². The molecule has 0 aromatic heterocycles. The Labute approximate surface area is 180 Å². The number of benzene rings is 2. The van der Waals surface area contributed by atoms with E-state index in [0.29, 0.717) is 10.7 Å². The zero-order valence-corrected chi connectivity index (χ0v) is 17.7. The first kappa shape index (κ1) is 21.9. The highest BCUT2D eigenvalue weighted by atomic mass is 35.5. The Hall–Kier alpha value is -2.78. The van der Waals surface area contributed by atoms with Crippen LogP contribution in [-0.4, -0.2) is 26.4 Å². The molecule has 0 spiro atoms. The number of nitrogens with one attached hydrogen (secondary N) is 4. The van der Waals surface area contributed by atoms with E-state index in [2.05, 4.69) is 20.9 Å². The molecular formula is C20H23ClN4O4S. The van der Waals surface area contributed by atoms with Crippen LogP contribution in [0.25, 0.3) is 0 Å². The van der Waals surface area contributed by atoms with E-state index in [9.17, 15) is 18.0 Å². The van der Waals surface area contributed by atoms with Crippen molar-refractivity contribution in [3.8, 4) is 0 Å². The maximum absolute atomic E-state index is 12.6. The van der Waals surface area contributed by atoms with Gasteiger partial charge in [-0.1, -0.05) is 36.9 Å². The zero-order chi connectivity index (χ0) is 21.6. The second kappa shape index (κ2) is 9.82. The summed E-state index contributed by atoms with van der Waals surface area (Å²) in [6.07, 6.45) is 5.15. The average Bonchev–Trinajstić information content (AvgIpc) is 2.74. The highest BCUT2D eigenvalue weighted by Gasteiger charge is 2.18. The lowest BCUT2D eigenvalue weighted by molar-refractivity contribution is 0.0935. The minimum atomic E-state index is -3.91. The Morgan fingerprint density at radius 2 is 1.63 bits per heavy atom. The second-order valence-corrected chi connectivity index (χ2v) is 9.15. The molecule has 8 nitrogen and oxygen atoms in total. The van der Waals surface area contributed by atoms with Crippen molar-refractivity contribution in [2.75, 3.05) is 4.72 Å². The Morgan fingerprint density at radius 1 is 0.933 bits per heavy atom. The number of anilines is 1. The summed E-state index contributed by atoms with van der Waals surface area (Å²) in [5.41, 5.74) is 5.03. The summed E-state index contributed by atoms with van der Waals surface area (Å²) >= 11 is 5.81. The van der Waals surface area contributed by atoms with Crippen LogP contribution in [0.15, 0.2) is 53.4 Å². The summed E-state index contributed by atoms with van der Waals surface area (Å²) in [4.78, 5) is 24.2. The molecule has 1 aliphatic rings. The molecule has 3 rings (SSSR count). The predicted molar refractivity (Wildman–Crippen MR) is 115 cm³/mol. The lowest BCUT2D eigenvalue weighted by atomic mass is 9.96. The molecule has 0 unspecified atom stereocenters. The van der Waals surface area contributed by atoms with Crippen LogP contribution < -0.4 is 20.9 Å². The Morgan fingerprint density at radius 3 is 2.33 bits per heavy atom. The van der Waals surface area contributed by atoms with Crippen molar-refractivity contribution in [3.05, 3.63) is 59.1 Å². The van der Waals surface area contributed by atoms with Gasteiger partial charge in [0.15, 0.2) is 0 Å². The predicted octanol–water partition coefficient (Wildman–Crippen LogP) is 3.42. The molecule has 0 atom stereocenters. The smallest absolute Gasteiger partial charge is 0.333 e. The first-order valence-corrected chi connectivity index (χ1v) is 11.4. The van der Waals surface area contributed by atoms with Gasteiger partial charge < -0.3 is 5.32 Å². The number of carbonyl (C=O) groups excluding carboxylic acids is 2. The number of urea groups is 1. The number of sulfonamides is 1. The molecule has 1 saturated carbocycles. The van der Waals surface area contributed by atoms with E-state index in [0.717, 1.165) is 25.7 Å². The van der Waals surface area contributed by atoms with Crippen LogP contribution in [0, 0.1) is 0 Å². The van der Waals surface area contributed by atoms with Gasteiger partial charge in [0, 0.05) is 22.3 Å². The maximum Gasteiger partial charge on any atom is 0.333 e. The molecule has 2 aromatic rings. The third-order valence-electron chi connectivity index (χ3n) is 4.73. The normalized spacial score (nSPS) is 14.6. The van der Waals surface area contributed by atoms with E-state index < -0.39 is 22.0 Å². The van der Waals surface area contributed by atoms with Crippen LogP contribution >= 0.6 is 11.6 Å². The third-order valence-corrected chi connectivity index (χ3v) is 6.36. The Balaban J connectivity index is 1.60. The minimum Gasteiger partial charge on any atom is -0.334 e. The van der Waals surface area contributed by atoms with Gasteiger partial charge in [-0.15, -0.1) is 0 Å². The fraction of sp³-hybridized carbons (Fsp3) is 0.300. The molecule has 0 bridgehead atoms. The van der Waals surface area contributed by atoms with Crippen molar-refractivity contribution in [1.29, 1.82) is 0 Å². The second-order valence-electron chi connectivity index (χ2n) is 7.03. The number of hydrogen-bond acceptors (Lipinski definition) is 4. The van der Waals surface area contributed by atoms with Crippen molar-refractivity contribution >= 4 is 39.2 Å². The summed E-state index contributed by atoms with van der Waals surface area (Å²) in [5, 5.41) is 3.30. The van der Waals surface area contributed by atoms with E-state index >= 15 is 0 Å². The van der Waals surface area contributed by atoms with Crippen molar-refractivity contribution in [2.24, 2.45) is 0 Å². The molecule has 10 heteroatoms. The fourth-order valence-corrected chi connectivity index (χ4v) is 4.42. The molecule has 2 aromatic carbocycles. The molecule has 30 heavy (non-hydrogen) atoms. The van der Waals surface area contributed by atoms with Gasteiger partial charge in [0.1, 0.15) is 0 Å². The van der Waals surface area contributed by atoms with Crippen molar-refractivity contribution in [2.45, 2.75) is 43.0 Å². The molecule has 160 valence electrons. The quantitative estimate of drug-likeness (QED) is 0.522. The number of hydrazine groups is 1. The Bertz CT molecular complexity index is 1010. The summed E-state index contributed by atoms with van der Waals surface area (Å²) in [7, 11) is -3.91. The molecule has 0 radical (unpaired) electrons. The van der Waals surface area contributed by atoms with Gasteiger partial charge in [-0.05, 0) is 55.3 Å². The van der Waals surface area contributed by atoms with E-state index in [1.54, 1.807) is 12.1 Å². The molecule has 0 aliphatic heterocycles. The maximum atomic E-state index is 12.6. The van der Waals surface area contributed by atoms with Gasteiger partial charge in [-0.25, -0.2) is 18.6 Å². The van der Waals surface area contributed by atoms with Gasteiger partial charge in [0.2, 0.25) is 0 Å². The van der Waals surface area contributed by atoms with Crippen LogP contribution in [0.2, 0.25) is 5.02 Å². The van der Waals surface area contributed by atoms with E-state index in [4.69, 9.17) is 11.6 Å². The average molecular weight is 451 g/mol. The van der Waals surface area contributed by atoms with Crippen LogP contribution in [-0.2, 0) is 10.0 Å². The van der Waals surface area contributed by atoms with Crippen LogP contribution in [0.1, 0.15) is 42.5 Å². The monoisotopic (exact) mass is 450 g/mol. The highest BCUT2D eigenvalue weighted by Crippen LogP contribution is 2.19. The first-order valence-electron chi connectivity index (χ1n) is 9.59. The molecule has 1 fully saturated rings. The van der Waals surface area contributed by atoms with Crippen LogP contribution in [0.5, 0.6) is 0 Å². The summed E-state index contributed by atoms with van der Waals surface area (Å²) in [6, 6.07) is 11.3. The van der Waals surface area contributed by atoms with Crippen molar-refractivity contribution in [1.82, 2.24) is 16.2 Å². The molecule has 3 amide bonds. The summed E-state index contributed by atoms with van der Waals surface area (Å²) < 4.78 is 27.6. The number of halogens is 1. The van der Waals surface area contributed by atoms with Gasteiger partial charge in [-0.2, -0.15) is 0 Å². The van der Waals surface area contributed by atoms with Gasteiger partial charge >= 0.3 is 6.03 Å². The van der Waals surface area contributed by atoms with Crippen LogP contribution in [0.4, 0.5) is 10.5 Å². The van der Waals surface area contributed by atoms with Gasteiger partial charge in [-0.3, -0.25) is 14.9 Å². The summed E-state index contributed by atoms with van der Waals surface area (Å²) in [6.45, 7) is 0. The number of amides is 3. The highest BCUT2D eigenvalue weighted by molar-refractivity contribution is 7.92. The first-order chi connectivity index (χ1) is 14.3. The lowest BCUT2D eigenvalue weighted by Gasteiger charge is -2.22. The number of carbonyl (C=O) groups is 2. The van der Waals surface area contributed by atoms with Crippen molar-refractivity contribution < 1.29 is 18.0 Å². The topological polar surface area (TPSA) is 116 Å². The number of rotatable bonds is 5. The lowest BCUT2D eigenvalue weighted by Crippen LogP contribution is -2.50. The standard InChI is InChI=1S/C20H23ClN4O4S/c21-15-9-11-17(12-10-15)25-30(28,29)18-8-4-5-14(13-18)19(26)23-24-20(27)22-16-6-2-1-3-7-16/h4-5,8-13,16,25H,1-3,6-7H2,(H,23,26)(H2,22,24,27). The molecular weight excluding hydrogens is 428 g/mol. The molecule has 1 aliphatic carbocycles. The van der Waals surface area contributed by atoms with Gasteiger partial charge in [0.25, 0.3) is 15.9 Å². The molecule has 0 saturated heterocycles. The molecule has 0 heterocycles. The Kier molecular flexibility index (Phi) is 7.17. The minimum absolute atomic E-state index is 0.0863. The zero-order valence-electron chi connectivity index (χ0n) is 16.2. The van der Waals surface area contributed by atoms with E-state index in [-0.39, 0.29) is 16.5 Å². The number of hydrogen-bond donors (Lipinski definition) is 4. The molecule has 4 N–H and O–H groups in total.